The lowest BCUT2D eigenvalue weighted by Gasteiger charge is -2.09. The molecule has 28 heavy (non-hydrogen) atoms. The van der Waals surface area contributed by atoms with Gasteiger partial charge in [0.05, 0.1) is 32.9 Å². The third kappa shape index (κ3) is 4.87. The summed E-state index contributed by atoms with van der Waals surface area (Å²) < 4.78 is 4.72. The zero-order valence-electron chi connectivity index (χ0n) is 15.8. The monoisotopic (exact) mass is 531 g/mol. The van der Waals surface area contributed by atoms with Crippen molar-refractivity contribution in [1.82, 2.24) is 19.6 Å². The third-order valence-electron chi connectivity index (χ3n) is 4.44. The molecule has 1 aromatic carbocycles. The Kier molecular flexibility index (Phi) is 6.67. The van der Waals surface area contributed by atoms with E-state index < -0.39 is 0 Å². The molecule has 1 amide bonds. The van der Waals surface area contributed by atoms with Gasteiger partial charge in [-0.1, -0.05) is 29.3 Å². The number of halogens is 3. The minimum atomic E-state index is -0.0709. The van der Waals surface area contributed by atoms with Crippen LogP contribution in [0.2, 0.25) is 10.0 Å². The van der Waals surface area contributed by atoms with Crippen molar-refractivity contribution in [2.75, 3.05) is 5.32 Å². The van der Waals surface area contributed by atoms with E-state index >= 15 is 0 Å². The molecule has 0 aliphatic rings. The Morgan fingerprint density at radius 3 is 2.57 bits per heavy atom. The molecular weight excluding hydrogens is 512 g/mol. The summed E-state index contributed by atoms with van der Waals surface area (Å²) in [5.74, 6) is -0.0709. The molecule has 3 rings (SSSR count). The van der Waals surface area contributed by atoms with Gasteiger partial charge in [0.25, 0.3) is 0 Å². The van der Waals surface area contributed by atoms with Gasteiger partial charge < -0.3 is 5.32 Å². The summed E-state index contributed by atoms with van der Waals surface area (Å²) in [6.07, 6.45) is 2.28. The molecule has 2 heterocycles. The molecule has 0 fully saturated rings. The van der Waals surface area contributed by atoms with Crippen molar-refractivity contribution in [3.05, 3.63) is 60.7 Å². The second kappa shape index (κ2) is 8.84. The maximum atomic E-state index is 12.4. The maximum Gasteiger partial charge on any atom is 0.226 e. The van der Waals surface area contributed by atoms with Gasteiger partial charge in [0.15, 0.2) is 0 Å². The van der Waals surface area contributed by atoms with Gasteiger partial charge in [-0.05, 0) is 61.1 Å². The highest BCUT2D eigenvalue weighted by Gasteiger charge is 2.15. The molecule has 0 aliphatic heterocycles. The SMILES string of the molecule is Cc1nn(CCC(=O)Nc2c(C)nn(Cc3ccc(Cl)cc3Cl)c2C)cc1I. The Balaban J connectivity index is 1.68. The fraction of sp³-hybridized carbons (Fsp3) is 0.316. The normalized spacial score (nSPS) is 11.1. The molecule has 0 saturated carbocycles. The molecular formula is C19H20Cl2IN5O. The van der Waals surface area contributed by atoms with Gasteiger partial charge in [0, 0.05) is 29.2 Å². The molecule has 0 radical (unpaired) electrons. The minimum absolute atomic E-state index is 0.0709. The Labute approximate surface area is 187 Å². The number of carbonyl (C=O) groups is 1. The first kappa shape index (κ1) is 21.1. The van der Waals surface area contributed by atoms with E-state index in [0.717, 1.165) is 31.9 Å². The Hall–Kier alpha value is -1.58. The highest BCUT2D eigenvalue weighted by atomic mass is 127. The van der Waals surface area contributed by atoms with Crippen LogP contribution in [0.5, 0.6) is 0 Å². The largest absolute Gasteiger partial charge is 0.323 e. The molecule has 1 N–H and O–H groups in total. The average Bonchev–Trinajstić information content (AvgIpc) is 3.09. The first-order valence-corrected chi connectivity index (χ1v) is 10.6. The van der Waals surface area contributed by atoms with Crippen molar-refractivity contribution < 1.29 is 4.79 Å². The van der Waals surface area contributed by atoms with Crippen molar-refractivity contribution in [1.29, 1.82) is 0 Å². The number of hydrogen-bond acceptors (Lipinski definition) is 3. The third-order valence-corrected chi connectivity index (χ3v) is 6.08. The lowest BCUT2D eigenvalue weighted by molar-refractivity contribution is -0.116. The Morgan fingerprint density at radius 1 is 1.18 bits per heavy atom. The van der Waals surface area contributed by atoms with Gasteiger partial charge in [-0.15, -0.1) is 0 Å². The lowest BCUT2D eigenvalue weighted by atomic mass is 10.2. The van der Waals surface area contributed by atoms with E-state index in [2.05, 4.69) is 38.1 Å². The number of nitrogens with zero attached hydrogens (tertiary/aromatic N) is 4. The number of amides is 1. The Morgan fingerprint density at radius 2 is 1.93 bits per heavy atom. The van der Waals surface area contributed by atoms with Crippen molar-refractivity contribution >= 4 is 57.4 Å². The molecule has 3 aromatic rings. The Bertz CT molecular complexity index is 1010. The second-order valence-corrected chi connectivity index (χ2v) is 8.57. The number of aryl methyl sites for hydroxylation is 3. The summed E-state index contributed by atoms with van der Waals surface area (Å²) in [6, 6.07) is 5.40. The molecule has 0 spiro atoms. The summed E-state index contributed by atoms with van der Waals surface area (Å²) in [7, 11) is 0. The molecule has 0 unspecified atom stereocenters. The maximum absolute atomic E-state index is 12.4. The summed E-state index contributed by atoms with van der Waals surface area (Å²) in [5, 5.41) is 13.1. The van der Waals surface area contributed by atoms with Crippen molar-refractivity contribution in [2.45, 2.75) is 40.3 Å². The molecule has 0 aliphatic carbocycles. The topological polar surface area (TPSA) is 64.7 Å². The van der Waals surface area contributed by atoms with Crippen LogP contribution in [0.1, 0.15) is 29.1 Å². The van der Waals surface area contributed by atoms with Crippen LogP contribution in [0.15, 0.2) is 24.4 Å². The molecule has 148 valence electrons. The van der Waals surface area contributed by atoms with Crippen LogP contribution >= 0.6 is 45.8 Å². The summed E-state index contributed by atoms with van der Waals surface area (Å²) >= 11 is 14.5. The quantitative estimate of drug-likeness (QED) is 0.455. The van der Waals surface area contributed by atoms with Crippen LogP contribution in [0, 0.1) is 24.3 Å². The summed E-state index contributed by atoms with van der Waals surface area (Å²) in [4.78, 5) is 12.4. The van der Waals surface area contributed by atoms with Crippen molar-refractivity contribution in [3.8, 4) is 0 Å². The molecule has 0 atom stereocenters. The van der Waals surface area contributed by atoms with E-state index in [0.29, 0.717) is 29.6 Å². The minimum Gasteiger partial charge on any atom is -0.323 e. The zero-order chi connectivity index (χ0) is 20.4. The number of benzene rings is 1. The number of carbonyl (C=O) groups excluding carboxylic acids is 1. The number of aromatic nitrogens is 4. The number of rotatable bonds is 6. The lowest BCUT2D eigenvalue weighted by Crippen LogP contribution is -2.16. The van der Waals surface area contributed by atoms with E-state index in [-0.39, 0.29) is 5.91 Å². The van der Waals surface area contributed by atoms with Crippen molar-refractivity contribution in [2.24, 2.45) is 0 Å². The summed E-state index contributed by atoms with van der Waals surface area (Å²) in [6.45, 7) is 6.79. The van der Waals surface area contributed by atoms with Crippen LogP contribution in [-0.4, -0.2) is 25.5 Å². The van der Waals surface area contributed by atoms with Crippen molar-refractivity contribution in [3.63, 3.8) is 0 Å². The average molecular weight is 532 g/mol. The zero-order valence-corrected chi connectivity index (χ0v) is 19.4. The highest BCUT2D eigenvalue weighted by Crippen LogP contribution is 2.25. The molecule has 0 saturated heterocycles. The first-order valence-electron chi connectivity index (χ1n) is 8.72. The fourth-order valence-electron chi connectivity index (χ4n) is 2.87. The van der Waals surface area contributed by atoms with E-state index in [1.54, 1.807) is 16.8 Å². The van der Waals surface area contributed by atoms with Crippen LogP contribution < -0.4 is 5.32 Å². The standard InChI is InChI=1S/C19H20Cl2IN5O/c1-11-17(22)10-26(24-11)7-6-18(28)23-19-12(2)25-27(13(19)3)9-14-4-5-15(20)8-16(14)21/h4-5,8,10H,6-7,9H2,1-3H3,(H,23,28). The number of anilines is 1. The molecule has 6 nitrogen and oxygen atoms in total. The van der Waals surface area contributed by atoms with Gasteiger partial charge in [-0.3, -0.25) is 14.2 Å². The van der Waals surface area contributed by atoms with Crippen LogP contribution in [0.3, 0.4) is 0 Å². The molecule has 9 heteroatoms. The summed E-state index contributed by atoms with van der Waals surface area (Å²) in [5.41, 5.74) is 4.26. The van der Waals surface area contributed by atoms with Crippen LogP contribution in [-0.2, 0) is 17.9 Å². The van der Waals surface area contributed by atoms with E-state index in [1.807, 2.05) is 37.7 Å². The first-order chi connectivity index (χ1) is 13.2. The van der Waals surface area contributed by atoms with Gasteiger partial charge in [-0.2, -0.15) is 10.2 Å². The van der Waals surface area contributed by atoms with Gasteiger partial charge >= 0.3 is 0 Å². The smallest absolute Gasteiger partial charge is 0.226 e. The fourth-order valence-corrected chi connectivity index (χ4v) is 3.77. The second-order valence-electron chi connectivity index (χ2n) is 6.56. The van der Waals surface area contributed by atoms with E-state index in [9.17, 15) is 4.79 Å². The van der Waals surface area contributed by atoms with Crippen LogP contribution in [0.25, 0.3) is 0 Å². The predicted molar refractivity (Wildman–Crippen MR) is 120 cm³/mol. The van der Waals surface area contributed by atoms with E-state index in [1.165, 1.54) is 0 Å². The van der Waals surface area contributed by atoms with Gasteiger partial charge in [0.2, 0.25) is 5.91 Å². The number of hydrogen-bond donors (Lipinski definition) is 1. The molecule has 0 bridgehead atoms. The highest BCUT2D eigenvalue weighted by molar-refractivity contribution is 14.1. The van der Waals surface area contributed by atoms with Crippen LogP contribution in [0.4, 0.5) is 5.69 Å². The van der Waals surface area contributed by atoms with E-state index in [4.69, 9.17) is 23.2 Å². The predicted octanol–water partition coefficient (Wildman–Crippen LogP) is 4.99. The molecule has 2 aromatic heterocycles. The van der Waals surface area contributed by atoms with Gasteiger partial charge in [0.1, 0.15) is 0 Å². The van der Waals surface area contributed by atoms with Gasteiger partial charge in [-0.25, -0.2) is 0 Å². The number of nitrogens with one attached hydrogen (secondary N) is 1.